The standard InChI is InChI=1S/C23H25N5O3S2/c1-25-10-12-26(13-11-25)14-15-31-24-20-18-4-3-9-27(18)21-19(23(32-2)33-22(20)21)16-5-7-17(8-6-16)28(29)30/h3-9H,10-15H2,1-2H3/b24-20-. The van der Waals surface area contributed by atoms with E-state index in [-0.39, 0.29) is 10.6 Å². The number of nitro benzene ring substituents is 1. The smallest absolute Gasteiger partial charge is 0.269 e. The van der Waals surface area contributed by atoms with Gasteiger partial charge in [0.15, 0.2) is 0 Å². The Morgan fingerprint density at radius 2 is 1.94 bits per heavy atom. The van der Waals surface area contributed by atoms with E-state index in [1.54, 1.807) is 35.2 Å². The summed E-state index contributed by atoms with van der Waals surface area (Å²) in [5, 5.41) is 15.7. The lowest BCUT2D eigenvalue weighted by Gasteiger charge is -2.31. The van der Waals surface area contributed by atoms with Crippen molar-refractivity contribution in [3.8, 4) is 16.8 Å². The number of non-ortho nitro benzene ring substituents is 1. The summed E-state index contributed by atoms with van der Waals surface area (Å²) >= 11 is 3.37. The third kappa shape index (κ3) is 4.19. The molecular formula is C23H25N5O3S2. The normalized spacial score (nSPS) is 17.3. The number of rotatable bonds is 7. The van der Waals surface area contributed by atoms with Crippen molar-refractivity contribution in [1.82, 2.24) is 14.4 Å². The first-order chi connectivity index (χ1) is 16.1. The zero-order valence-corrected chi connectivity index (χ0v) is 20.2. The molecule has 0 aliphatic carbocycles. The molecule has 10 heteroatoms. The molecule has 2 aromatic heterocycles. The molecular weight excluding hydrogens is 458 g/mol. The van der Waals surface area contributed by atoms with Crippen LogP contribution in [0.5, 0.6) is 0 Å². The van der Waals surface area contributed by atoms with Crippen LogP contribution in [-0.2, 0) is 4.84 Å². The average Bonchev–Trinajstić information content (AvgIpc) is 3.50. The number of nitrogens with zero attached hydrogens (tertiary/aromatic N) is 5. The van der Waals surface area contributed by atoms with Gasteiger partial charge in [0.05, 0.1) is 25.4 Å². The largest absolute Gasteiger partial charge is 0.394 e. The summed E-state index contributed by atoms with van der Waals surface area (Å²) in [4.78, 5) is 22.3. The van der Waals surface area contributed by atoms with Crippen LogP contribution in [0.3, 0.4) is 0 Å². The number of aromatic nitrogens is 1. The van der Waals surface area contributed by atoms with E-state index in [1.165, 1.54) is 0 Å². The molecule has 1 aromatic carbocycles. The molecule has 0 radical (unpaired) electrons. The Kier molecular flexibility index (Phi) is 6.24. The minimum atomic E-state index is -0.369. The van der Waals surface area contributed by atoms with E-state index in [4.69, 9.17) is 4.84 Å². The summed E-state index contributed by atoms with van der Waals surface area (Å²) < 4.78 is 3.30. The van der Waals surface area contributed by atoms with Crippen molar-refractivity contribution < 1.29 is 9.76 Å². The zero-order chi connectivity index (χ0) is 22.9. The van der Waals surface area contributed by atoms with Crippen molar-refractivity contribution in [2.24, 2.45) is 5.16 Å². The van der Waals surface area contributed by atoms with Gasteiger partial charge in [-0.2, -0.15) is 0 Å². The molecule has 0 N–H and O–H groups in total. The summed E-state index contributed by atoms with van der Waals surface area (Å²) in [6, 6.07) is 10.8. The first-order valence-electron chi connectivity index (χ1n) is 10.8. The number of oxime groups is 1. The van der Waals surface area contributed by atoms with Crippen molar-refractivity contribution >= 4 is 34.5 Å². The van der Waals surface area contributed by atoms with Crippen LogP contribution in [0.1, 0.15) is 10.6 Å². The van der Waals surface area contributed by atoms with Crippen LogP contribution in [0.25, 0.3) is 16.8 Å². The molecule has 0 amide bonds. The minimum absolute atomic E-state index is 0.0916. The van der Waals surface area contributed by atoms with Crippen LogP contribution in [-0.4, -0.2) is 77.6 Å². The summed E-state index contributed by atoms with van der Waals surface area (Å²) in [6.45, 7) is 5.72. The number of nitro groups is 1. The highest BCUT2D eigenvalue weighted by molar-refractivity contribution is 8.00. The van der Waals surface area contributed by atoms with E-state index < -0.39 is 0 Å². The van der Waals surface area contributed by atoms with Gasteiger partial charge in [-0.3, -0.25) is 15.0 Å². The van der Waals surface area contributed by atoms with Crippen molar-refractivity contribution in [2.75, 3.05) is 52.6 Å². The SMILES string of the molecule is CSc1sc2c(c1-c1ccc([N+](=O)[O-])cc1)-n1cccc1/C2=N/OCCN1CCN(C)CC1. The number of thioether (sulfide) groups is 1. The Morgan fingerprint density at radius 3 is 2.64 bits per heavy atom. The Hall–Kier alpha value is -2.66. The monoisotopic (exact) mass is 483 g/mol. The van der Waals surface area contributed by atoms with Gasteiger partial charge >= 0.3 is 0 Å². The summed E-state index contributed by atoms with van der Waals surface area (Å²) in [5.74, 6) is 0. The highest BCUT2D eigenvalue weighted by atomic mass is 32.2. The number of benzene rings is 1. The van der Waals surface area contributed by atoms with Gasteiger partial charge < -0.3 is 14.3 Å². The maximum absolute atomic E-state index is 11.1. The first-order valence-corrected chi connectivity index (χ1v) is 12.9. The lowest BCUT2D eigenvalue weighted by molar-refractivity contribution is -0.384. The van der Waals surface area contributed by atoms with Crippen LogP contribution in [0.2, 0.25) is 0 Å². The second-order valence-electron chi connectivity index (χ2n) is 8.13. The molecule has 1 fully saturated rings. The molecule has 2 aliphatic heterocycles. The first kappa shape index (κ1) is 22.1. The van der Waals surface area contributed by atoms with E-state index in [0.717, 1.165) is 70.0 Å². The molecule has 4 heterocycles. The minimum Gasteiger partial charge on any atom is -0.394 e. The molecule has 0 saturated carbocycles. The Morgan fingerprint density at radius 1 is 1.18 bits per heavy atom. The Bertz CT molecular complexity index is 1190. The topological polar surface area (TPSA) is 76.1 Å². The third-order valence-electron chi connectivity index (χ3n) is 6.10. The third-order valence-corrected chi connectivity index (χ3v) is 8.41. The number of hydrogen-bond acceptors (Lipinski definition) is 8. The second kappa shape index (κ2) is 9.30. The van der Waals surface area contributed by atoms with Crippen molar-refractivity contribution in [3.63, 3.8) is 0 Å². The van der Waals surface area contributed by atoms with Crippen LogP contribution in [0, 0.1) is 10.1 Å². The van der Waals surface area contributed by atoms with Gasteiger partial charge in [0.1, 0.15) is 12.3 Å². The van der Waals surface area contributed by atoms with Gasteiger partial charge in [0, 0.05) is 56.6 Å². The molecule has 3 aromatic rings. The van der Waals surface area contributed by atoms with Gasteiger partial charge in [-0.05, 0) is 43.1 Å². The molecule has 0 atom stereocenters. The van der Waals surface area contributed by atoms with Gasteiger partial charge in [0.25, 0.3) is 5.69 Å². The molecule has 5 rings (SSSR count). The lowest BCUT2D eigenvalue weighted by Crippen LogP contribution is -2.45. The van der Waals surface area contributed by atoms with Crippen LogP contribution in [0.4, 0.5) is 5.69 Å². The van der Waals surface area contributed by atoms with Crippen molar-refractivity contribution in [3.05, 3.63) is 63.3 Å². The van der Waals surface area contributed by atoms with Crippen molar-refractivity contribution in [2.45, 2.75) is 4.21 Å². The molecule has 8 nitrogen and oxygen atoms in total. The van der Waals surface area contributed by atoms with Crippen LogP contribution >= 0.6 is 23.1 Å². The molecule has 33 heavy (non-hydrogen) atoms. The van der Waals surface area contributed by atoms with Gasteiger partial charge in [-0.15, -0.1) is 23.1 Å². The molecule has 2 aliphatic rings. The van der Waals surface area contributed by atoms with E-state index >= 15 is 0 Å². The predicted molar refractivity (Wildman–Crippen MR) is 133 cm³/mol. The van der Waals surface area contributed by atoms with Gasteiger partial charge in [0.2, 0.25) is 0 Å². The highest BCUT2D eigenvalue weighted by Gasteiger charge is 2.33. The van der Waals surface area contributed by atoms with Crippen LogP contribution < -0.4 is 0 Å². The van der Waals surface area contributed by atoms with Crippen LogP contribution in [0.15, 0.2) is 52.0 Å². The van der Waals surface area contributed by atoms with E-state index in [9.17, 15) is 10.1 Å². The fourth-order valence-electron chi connectivity index (χ4n) is 4.27. The summed E-state index contributed by atoms with van der Waals surface area (Å²) in [6.07, 6.45) is 4.09. The molecule has 1 saturated heterocycles. The molecule has 172 valence electrons. The molecule has 0 spiro atoms. The Balaban J connectivity index is 1.42. The van der Waals surface area contributed by atoms with E-state index in [1.807, 2.05) is 30.5 Å². The molecule has 0 bridgehead atoms. The van der Waals surface area contributed by atoms with Gasteiger partial charge in [-0.25, -0.2) is 0 Å². The highest BCUT2D eigenvalue weighted by Crippen LogP contribution is 2.48. The van der Waals surface area contributed by atoms with E-state index in [2.05, 4.69) is 32.8 Å². The number of hydrogen-bond donors (Lipinski definition) is 0. The number of fused-ring (bicyclic) bond motifs is 3. The number of piperazine rings is 1. The maximum atomic E-state index is 11.1. The average molecular weight is 484 g/mol. The fourth-order valence-corrected chi connectivity index (χ4v) is 6.31. The quantitative estimate of drug-likeness (QED) is 0.170. The van der Waals surface area contributed by atoms with Gasteiger partial charge in [-0.1, -0.05) is 5.16 Å². The maximum Gasteiger partial charge on any atom is 0.269 e. The number of likely N-dealkylation sites (N-methyl/N-ethyl adjacent to an activating group) is 1. The Labute approximate surface area is 200 Å². The zero-order valence-electron chi connectivity index (χ0n) is 18.6. The fraction of sp³-hybridized carbons (Fsp3) is 0.348. The summed E-state index contributed by atoms with van der Waals surface area (Å²) in [7, 11) is 2.15. The molecule has 0 unspecified atom stereocenters. The summed E-state index contributed by atoms with van der Waals surface area (Å²) in [5.41, 5.74) is 5.05. The number of thiophene rings is 1. The lowest BCUT2D eigenvalue weighted by atomic mass is 10.1. The second-order valence-corrected chi connectivity index (χ2v) is 10.2. The predicted octanol–water partition coefficient (Wildman–Crippen LogP) is 4.17. The van der Waals surface area contributed by atoms with Crippen molar-refractivity contribution in [1.29, 1.82) is 0 Å². The van der Waals surface area contributed by atoms with E-state index in [0.29, 0.717) is 6.61 Å².